The molecule has 0 saturated carbocycles. The molecule has 1 atom stereocenters. The first-order valence-corrected chi connectivity index (χ1v) is 7.88. The molecule has 0 unspecified atom stereocenters. The van der Waals surface area contributed by atoms with Crippen LogP contribution in [0.2, 0.25) is 0 Å². The minimum absolute atomic E-state index is 0.318. The molecule has 0 radical (unpaired) electrons. The maximum absolute atomic E-state index is 12.5. The number of carbonyl (C=O) groups is 1. The second-order valence-electron chi connectivity index (χ2n) is 4.96. The van der Waals surface area contributed by atoms with Crippen LogP contribution in [0.1, 0.15) is 18.0 Å². The van der Waals surface area contributed by atoms with Gasteiger partial charge in [0.25, 0.3) is 11.5 Å². The van der Waals surface area contributed by atoms with Crippen LogP contribution in [0.15, 0.2) is 29.1 Å². The molecule has 0 aliphatic carbocycles. The van der Waals surface area contributed by atoms with Crippen molar-refractivity contribution in [3.05, 3.63) is 39.6 Å². The molecule has 3 aromatic rings. The number of ether oxygens (including phenoxy) is 1. The highest BCUT2D eigenvalue weighted by molar-refractivity contribution is 7.15. The lowest BCUT2D eigenvalue weighted by Gasteiger charge is -2.12. The van der Waals surface area contributed by atoms with Gasteiger partial charge in [-0.2, -0.15) is 4.68 Å². The highest BCUT2D eigenvalue weighted by Crippen LogP contribution is 2.17. The summed E-state index contributed by atoms with van der Waals surface area (Å²) in [6.45, 7) is 1.88. The van der Waals surface area contributed by atoms with Crippen molar-refractivity contribution < 1.29 is 9.53 Å². The molecular weight excluding hydrogens is 332 g/mol. The van der Waals surface area contributed by atoms with Gasteiger partial charge in [-0.05, 0) is 19.1 Å². The SMILES string of the molecule is COCc1nnc(NC(=O)[C@H](C)n2nnc3ccccc3c2=O)s1. The van der Waals surface area contributed by atoms with Gasteiger partial charge >= 0.3 is 0 Å². The molecule has 0 bridgehead atoms. The van der Waals surface area contributed by atoms with Crippen molar-refractivity contribution >= 4 is 33.3 Å². The summed E-state index contributed by atoms with van der Waals surface area (Å²) >= 11 is 1.20. The van der Waals surface area contributed by atoms with Gasteiger partial charge in [-0.15, -0.1) is 15.3 Å². The lowest BCUT2D eigenvalue weighted by atomic mass is 10.2. The number of rotatable bonds is 5. The molecule has 10 heteroatoms. The van der Waals surface area contributed by atoms with E-state index in [1.807, 2.05) is 0 Å². The molecular formula is C14H14N6O3S. The van der Waals surface area contributed by atoms with Crippen LogP contribution in [0.4, 0.5) is 5.13 Å². The Morgan fingerprint density at radius 3 is 2.92 bits per heavy atom. The fourth-order valence-electron chi connectivity index (χ4n) is 2.06. The summed E-state index contributed by atoms with van der Waals surface area (Å²) in [5.41, 5.74) is 0.111. The first kappa shape index (κ1) is 16.1. The Bertz CT molecular complexity index is 937. The van der Waals surface area contributed by atoms with Gasteiger partial charge in [0.15, 0.2) is 0 Å². The number of anilines is 1. The highest BCUT2D eigenvalue weighted by atomic mass is 32.1. The Hall–Kier alpha value is -2.72. The Balaban J connectivity index is 1.82. The van der Waals surface area contributed by atoms with Gasteiger partial charge in [-0.25, -0.2) is 0 Å². The minimum Gasteiger partial charge on any atom is -0.377 e. The molecule has 0 fully saturated rings. The van der Waals surface area contributed by atoms with Crippen molar-refractivity contribution in [1.29, 1.82) is 0 Å². The lowest BCUT2D eigenvalue weighted by molar-refractivity contribution is -0.119. The predicted octanol–water partition coefficient (Wildman–Crippen LogP) is 0.989. The van der Waals surface area contributed by atoms with Crippen LogP contribution >= 0.6 is 11.3 Å². The van der Waals surface area contributed by atoms with Crippen LogP contribution < -0.4 is 10.9 Å². The molecule has 9 nitrogen and oxygen atoms in total. The molecule has 3 rings (SSSR count). The maximum atomic E-state index is 12.5. The standard InChI is InChI=1S/C14H14N6O3S/c1-8(12(21)15-14-18-17-11(24-14)7-23-2)20-13(22)9-5-3-4-6-10(9)16-19-20/h3-6,8H,7H2,1-2H3,(H,15,18,21)/t8-/m0/s1. The van der Waals surface area contributed by atoms with Crippen molar-refractivity contribution in [1.82, 2.24) is 25.2 Å². The van der Waals surface area contributed by atoms with Crippen LogP contribution in [0.25, 0.3) is 10.9 Å². The number of benzene rings is 1. The summed E-state index contributed by atoms with van der Waals surface area (Å²) in [5.74, 6) is -0.429. The first-order valence-electron chi connectivity index (χ1n) is 7.06. The van der Waals surface area contributed by atoms with Crippen molar-refractivity contribution in [2.24, 2.45) is 0 Å². The molecule has 0 spiro atoms. The van der Waals surface area contributed by atoms with Crippen LogP contribution in [-0.4, -0.2) is 38.2 Å². The molecule has 24 heavy (non-hydrogen) atoms. The van der Waals surface area contributed by atoms with Gasteiger partial charge in [0.1, 0.15) is 23.2 Å². The maximum Gasteiger partial charge on any atom is 0.278 e. The molecule has 1 aromatic carbocycles. The Morgan fingerprint density at radius 1 is 1.33 bits per heavy atom. The second kappa shape index (κ2) is 6.81. The predicted molar refractivity (Wildman–Crippen MR) is 87.8 cm³/mol. The fourth-order valence-corrected chi connectivity index (χ4v) is 2.78. The highest BCUT2D eigenvalue weighted by Gasteiger charge is 2.20. The van der Waals surface area contributed by atoms with Crippen LogP contribution in [0, 0.1) is 0 Å². The van der Waals surface area contributed by atoms with Crippen LogP contribution in [0.3, 0.4) is 0 Å². The van der Waals surface area contributed by atoms with Crippen molar-refractivity contribution in [2.75, 3.05) is 12.4 Å². The lowest BCUT2D eigenvalue weighted by Crippen LogP contribution is -2.34. The summed E-state index contributed by atoms with van der Waals surface area (Å²) in [6.07, 6.45) is 0. The third-order valence-electron chi connectivity index (χ3n) is 3.30. The van der Waals surface area contributed by atoms with E-state index in [0.717, 1.165) is 4.68 Å². The van der Waals surface area contributed by atoms with Gasteiger partial charge in [0.05, 0.1) is 5.39 Å². The second-order valence-corrected chi connectivity index (χ2v) is 6.02. The minimum atomic E-state index is -0.843. The quantitative estimate of drug-likeness (QED) is 0.733. The van der Waals surface area contributed by atoms with Gasteiger partial charge in [0.2, 0.25) is 5.13 Å². The largest absolute Gasteiger partial charge is 0.377 e. The van der Waals surface area contributed by atoms with Gasteiger partial charge in [0, 0.05) is 7.11 Å². The zero-order chi connectivity index (χ0) is 17.1. The van der Waals surface area contributed by atoms with Gasteiger partial charge in [-0.1, -0.05) is 28.7 Å². The summed E-state index contributed by atoms with van der Waals surface area (Å²) in [6, 6.07) is 6.00. The van der Waals surface area contributed by atoms with Gasteiger partial charge < -0.3 is 4.74 Å². The topological polar surface area (TPSA) is 112 Å². The van der Waals surface area contributed by atoms with E-state index in [1.165, 1.54) is 11.3 Å². The van der Waals surface area contributed by atoms with Gasteiger partial charge in [-0.3, -0.25) is 14.9 Å². The molecule has 0 saturated heterocycles. The van der Waals surface area contributed by atoms with Crippen molar-refractivity contribution in [3.8, 4) is 0 Å². The zero-order valence-electron chi connectivity index (χ0n) is 13.0. The van der Waals surface area contributed by atoms with Crippen molar-refractivity contribution in [2.45, 2.75) is 19.6 Å². The number of carbonyl (C=O) groups excluding carboxylic acids is 1. The molecule has 1 amide bonds. The van der Waals surface area contributed by atoms with Crippen LogP contribution in [-0.2, 0) is 16.1 Å². The fraction of sp³-hybridized carbons (Fsp3) is 0.286. The van der Waals surface area contributed by atoms with E-state index < -0.39 is 11.9 Å². The number of aromatic nitrogens is 5. The van der Waals surface area contributed by atoms with E-state index in [1.54, 1.807) is 38.3 Å². The number of methoxy groups -OCH3 is 1. The normalized spacial score (nSPS) is 12.2. The van der Waals surface area contributed by atoms with E-state index in [2.05, 4.69) is 25.8 Å². The molecule has 1 N–H and O–H groups in total. The van der Waals surface area contributed by atoms with Crippen LogP contribution in [0.5, 0.6) is 0 Å². The first-order chi connectivity index (χ1) is 11.6. The van der Waals surface area contributed by atoms with E-state index >= 15 is 0 Å². The Morgan fingerprint density at radius 2 is 2.12 bits per heavy atom. The number of fused-ring (bicyclic) bond motifs is 1. The Kier molecular flexibility index (Phi) is 4.58. The summed E-state index contributed by atoms with van der Waals surface area (Å²) in [4.78, 5) is 24.8. The zero-order valence-corrected chi connectivity index (χ0v) is 13.8. The number of hydrogen-bond acceptors (Lipinski definition) is 8. The monoisotopic (exact) mass is 346 g/mol. The molecule has 2 heterocycles. The van der Waals surface area contributed by atoms with Crippen molar-refractivity contribution in [3.63, 3.8) is 0 Å². The summed E-state index contributed by atoms with van der Waals surface area (Å²) in [5, 5.41) is 19.6. The van der Waals surface area contributed by atoms with E-state index in [4.69, 9.17) is 4.74 Å². The van der Waals surface area contributed by atoms with E-state index in [9.17, 15) is 9.59 Å². The number of hydrogen-bond donors (Lipinski definition) is 1. The summed E-state index contributed by atoms with van der Waals surface area (Å²) in [7, 11) is 1.55. The summed E-state index contributed by atoms with van der Waals surface area (Å²) < 4.78 is 6.00. The molecule has 2 aromatic heterocycles. The third kappa shape index (κ3) is 3.14. The third-order valence-corrected chi connectivity index (χ3v) is 4.11. The number of nitrogens with zero attached hydrogens (tertiary/aromatic N) is 5. The molecule has 0 aliphatic rings. The van der Waals surface area contributed by atoms with E-state index in [0.29, 0.717) is 27.6 Å². The van der Waals surface area contributed by atoms with E-state index in [-0.39, 0.29) is 5.56 Å². The molecule has 124 valence electrons. The number of amides is 1. The average molecular weight is 346 g/mol. The smallest absolute Gasteiger partial charge is 0.278 e. The molecule has 0 aliphatic heterocycles. The average Bonchev–Trinajstić information content (AvgIpc) is 3.02. The Labute approximate surface area is 140 Å². The number of nitrogens with one attached hydrogen (secondary N) is 1.